The third kappa shape index (κ3) is 3.05. The molecule has 0 aromatic heterocycles. The van der Waals surface area contributed by atoms with E-state index < -0.39 is 0 Å². The molecule has 2 aliphatic heterocycles. The third-order valence-corrected chi connectivity index (χ3v) is 4.51. The molecule has 0 spiro atoms. The first-order valence-electron chi connectivity index (χ1n) is 8.68. The molecule has 24 heavy (non-hydrogen) atoms. The van der Waals surface area contributed by atoms with Gasteiger partial charge in [0.25, 0.3) is 0 Å². The maximum Gasteiger partial charge on any atom is 0.597 e. The van der Waals surface area contributed by atoms with Crippen molar-refractivity contribution in [3.63, 3.8) is 0 Å². The predicted molar refractivity (Wildman–Crippen MR) is 95.0 cm³/mol. The van der Waals surface area contributed by atoms with Crippen LogP contribution < -0.4 is 18.6 Å². The van der Waals surface area contributed by atoms with Crippen LogP contribution in [0.2, 0.25) is 12.1 Å². The van der Waals surface area contributed by atoms with E-state index >= 15 is 0 Å². The van der Waals surface area contributed by atoms with Gasteiger partial charge in [-0.25, -0.2) is 0 Å². The Morgan fingerprint density at radius 1 is 0.792 bits per heavy atom. The van der Waals surface area contributed by atoms with Crippen molar-refractivity contribution in [1.29, 1.82) is 0 Å². The Balaban J connectivity index is 1.44. The lowest BCUT2D eigenvalue weighted by molar-refractivity contribution is 0.442. The smallest absolute Gasteiger partial charge is 0.523 e. The van der Waals surface area contributed by atoms with Gasteiger partial charge in [0, 0.05) is 12.1 Å². The highest BCUT2D eigenvalue weighted by atomic mass is 16.6. The van der Waals surface area contributed by atoms with Gasteiger partial charge < -0.3 is 18.6 Å². The highest BCUT2D eigenvalue weighted by Crippen LogP contribution is 2.41. The van der Waals surface area contributed by atoms with Gasteiger partial charge in [-0.15, -0.1) is 0 Å². The van der Waals surface area contributed by atoms with E-state index in [-0.39, 0.29) is 20.1 Å². The summed E-state index contributed by atoms with van der Waals surface area (Å²) < 4.78 is 23.9. The van der Waals surface area contributed by atoms with E-state index in [4.69, 9.17) is 18.6 Å². The first-order chi connectivity index (χ1) is 11.8. The van der Waals surface area contributed by atoms with Crippen LogP contribution in [0.25, 0.3) is 0 Å². The molecule has 0 saturated heterocycles. The first-order valence-corrected chi connectivity index (χ1v) is 8.68. The maximum atomic E-state index is 6.02. The summed E-state index contributed by atoms with van der Waals surface area (Å²) in [5.74, 6) is 3.49. The fraction of sp³-hybridized carbons (Fsp3) is 0.333. The van der Waals surface area contributed by atoms with E-state index in [0.717, 1.165) is 48.6 Å². The van der Waals surface area contributed by atoms with Crippen LogP contribution >= 0.6 is 0 Å². The van der Waals surface area contributed by atoms with Crippen molar-refractivity contribution in [2.75, 3.05) is 0 Å². The molecule has 0 saturated carbocycles. The molecule has 6 heteroatoms. The van der Waals surface area contributed by atoms with Gasteiger partial charge in [0.05, 0.1) is 0 Å². The lowest BCUT2D eigenvalue weighted by Gasteiger charge is -2.18. The van der Waals surface area contributed by atoms with Gasteiger partial charge in [0.1, 0.15) is 23.0 Å². The van der Waals surface area contributed by atoms with E-state index in [9.17, 15) is 0 Å². The second-order valence-corrected chi connectivity index (χ2v) is 6.30. The summed E-state index contributed by atoms with van der Waals surface area (Å²) in [5.41, 5.74) is 0. The van der Waals surface area contributed by atoms with Crippen LogP contribution in [0.3, 0.4) is 0 Å². The Morgan fingerprint density at radius 2 is 1.29 bits per heavy atom. The molecule has 4 rings (SSSR count). The molecular weight excluding hydrogens is 302 g/mol. The minimum atomic E-state index is -0.278. The standard InChI is InChI=1S/C18H20B2O4/c1-2-3-8-14(20-23-17-11-6-7-12-18(17)24-20)13-19-21-15-9-4-5-10-16(15)22-19/h4-7,9-12,14H,2-3,8,13H2,1H3. The van der Waals surface area contributed by atoms with Gasteiger partial charge in [-0.3, -0.25) is 0 Å². The molecule has 2 heterocycles. The average Bonchev–Trinajstić information content (AvgIpc) is 3.21. The minimum absolute atomic E-state index is 0.219. The fourth-order valence-electron chi connectivity index (χ4n) is 3.24. The van der Waals surface area contributed by atoms with Crippen LogP contribution in [0.1, 0.15) is 26.2 Å². The molecule has 0 fully saturated rings. The number of unbranched alkanes of at least 4 members (excludes halogenated alkanes) is 1. The molecule has 0 N–H and O–H groups in total. The Morgan fingerprint density at radius 3 is 1.79 bits per heavy atom. The fourth-order valence-corrected chi connectivity index (χ4v) is 3.24. The number of hydrogen-bond donors (Lipinski definition) is 0. The van der Waals surface area contributed by atoms with Crippen molar-refractivity contribution in [1.82, 2.24) is 0 Å². The number of fused-ring (bicyclic) bond motifs is 2. The Kier molecular flexibility index (Phi) is 4.28. The molecule has 122 valence electrons. The lowest BCUT2D eigenvalue weighted by atomic mass is 9.59. The maximum absolute atomic E-state index is 6.02. The highest BCUT2D eigenvalue weighted by Gasteiger charge is 2.45. The van der Waals surface area contributed by atoms with Crippen molar-refractivity contribution in [3.05, 3.63) is 48.5 Å². The monoisotopic (exact) mass is 322 g/mol. The van der Waals surface area contributed by atoms with Crippen molar-refractivity contribution in [2.45, 2.75) is 38.3 Å². The normalized spacial score (nSPS) is 15.7. The number of benzene rings is 2. The van der Waals surface area contributed by atoms with Gasteiger partial charge >= 0.3 is 14.2 Å². The van der Waals surface area contributed by atoms with E-state index in [1.807, 2.05) is 48.5 Å². The van der Waals surface area contributed by atoms with Gasteiger partial charge in [0.15, 0.2) is 0 Å². The van der Waals surface area contributed by atoms with Crippen molar-refractivity contribution < 1.29 is 18.6 Å². The van der Waals surface area contributed by atoms with E-state index in [1.165, 1.54) is 0 Å². The Hall–Kier alpha value is -2.23. The molecule has 0 aliphatic carbocycles. The SMILES string of the molecule is CCCCC(CB1Oc2ccccc2O1)B1Oc2ccccc2O1. The van der Waals surface area contributed by atoms with Crippen molar-refractivity contribution in [2.24, 2.45) is 0 Å². The van der Waals surface area contributed by atoms with E-state index in [2.05, 4.69) is 6.92 Å². The molecule has 4 nitrogen and oxygen atoms in total. The van der Waals surface area contributed by atoms with Crippen molar-refractivity contribution >= 4 is 14.2 Å². The van der Waals surface area contributed by atoms with Gasteiger partial charge in [-0.05, 0) is 30.7 Å². The lowest BCUT2D eigenvalue weighted by Crippen LogP contribution is -2.36. The van der Waals surface area contributed by atoms with Crippen LogP contribution in [0.15, 0.2) is 48.5 Å². The molecule has 0 amide bonds. The topological polar surface area (TPSA) is 36.9 Å². The molecule has 0 radical (unpaired) electrons. The Labute approximate surface area is 143 Å². The second kappa shape index (κ2) is 6.71. The van der Waals surface area contributed by atoms with E-state index in [1.54, 1.807) is 0 Å². The molecule has 1 unspecified atom stereocenters. The zero-order valence-corrected chi connectivity index (χ0v) is 13.8. The van der Waals surface area contributed by atoms with Gasteiger partial charge in [0.2, 0.25) is 0 Å². The summed E-state index contributed by atoms with van der Waals surface area (Å²) in [4.78, 5) is 0. The largest absolute Gasteiger partial charge is 0.597 e. The van der Waals surface area contributed by atoms with Crippen LogP contribution in [-0.4, -0.2) is 14.2 Å². The summed E-state index contributed by atoms with van der Waals surface area (Å²) in [6.45, 7) is 2.20. The number of para-hydroxylation sites is 4. The summed E-state index contributed by atoms with van der Waals surface area (Å²) in [5, 5.41) is 0. The molecule has 0 bridgehead atoms. The number of rotatable bonds is 6. The molecule has 2 aromatic rings. The summed E-state index contributed by atoms with van der Waals surface area (Å²) in [7, 11) is -0.551. The first kappa shape index (κ1) is 15.3. The minimum Gasteiger partial charge on any atom is -0.523 e. The van der Waals surface area contributed by atoms with Crippen molar-refractivity contribution in [3.8, 4) is 23.0 Å². The van der Waals surface area contributed by atoms with Crippen LogP contribution in [-0.2, 0) is 0 Å². The molecule has 2 aromatic carbocycles. The van der Waals surface area contributed by atoms with Crippen LogP contribution in [0.5, 0.6) is 23.0 Å². The highest BCUT2D eigenvalue weighted by molar-refractivity contribution is 6.55. The van der Waals surface area contributed by atoms with Gasteiger partial charge in [-0.1, -0.05) is 44.0 Å². The summed E-state index contributed by atoms with van der Waals surface area (Å²) in [6.07, 6.45) is 4.04. The molecular formula is C18H20B2O4. The third-order valence-electron chi connectivity index (χ3n) is 4.51. The number of hydrogen-bond acceptors (Lipinski definition) is 4. The zero-order valence-electron chi connectivity index (χ0n) is 13.8. The summed E-state index contributed by atoms with van der Waals surface area (Å²) >= 11 is 0. The van der Waals surface area contributed by atoms with E-state index in [0.29, 0.717) is 0 Å². The predicted octanol–water partition coefficient (Wildman–Crippen LogP) is 4.47. The molecule has 2 aliphatic rings. The van der Waals surface area contributed by atoms with Gasteiger partial charge in [-0.2, -0.15) is 0 Å². The summed E-state index contributed by atoms with van der Waals surface area (Å²) in [6, 6.07) is 15.6. The Bertz CT molecular complexity index is 659. The van der Waals surface area contributed by atoms with Crippen LogP contribution in [0, 0.1) is 0 Å². The second-order valence-electron chi connectivity index (χ2n) is 6.30. The van der Waals surface area contributed by atoms with Crippen LogP contribution in [0.4, 0.5) is 0 Å². The molecule has 1 atom stereocenters. The average molecular weight is 322 g/mol. The zero-order chi connectivity index (χ0) is 16.4. The quantitative estimate of drug-likeness (QED) is 0.736.